The van der Waals surface area contributed by atoms with E-state index < -0.39 is 5.60 Å². The SMILES string of the molecule is COc1ncc([C@]2(O)CC[C@H]3CN(Cc4cccc(OC5CCCC5)c4)C[C@H]32)c(OC)n1. The van der Waals surface area contributed by atoms with Crippen LogP contribution in [0.4, 0.5) is 0 Å². The van der Waals surface area contributed by atoms with Gasteiger partial charge in [0, 0.05) is 31.7 Å². The molecule has 0 unspecified atom stereocenters. The average Bonchev–Trinajstić information content (AvgIpc) is 3.53. The van der Waals surface area contributed by atoms with Crippen molar-refractivity contribution in [1.82, 2.24) is 14.9 Å². The van der Waals surface area contributed by atoms with E-state index in [1.807, 2.05) is 0 Å². The van der Waals surface area contributed by atoms with Crippen LogP contribution < -0.4 is 14.2 Å². The number of fused-ring (bicyclic) bond motifs is 1. The van der Waals surface area contributed by atoms with Crippen molar-refractivity contribution in [3.05, 3.63) is 41.6 Å². The van der Waals surface area contributed by atoms with Crippen molar-refractivity contribution < 1.29 is 19.3 Å². The number of aliphatic hydroxyl groups is 1. The van der Waals surface area contributed by atoms with Gasteiger partial charge in [-0.2, -0.15) is 4.98 Å². The minimum absolute atomic E-state index is 0.131. The van der Waals surface area contributed by atoms with Gasteiger partial charge in [-0.15, -0.1) is 0 Å². The molecule has 0 radical (unpaired) electrons. The van der Waals surface area contributed by atoms with Crippen LogP contribution in [0.15, 0.2) is 30.5 Å². The molecule has 2 saturated carbocycles. The Morgan fingerprint density at radius 3 is 2.75 bits per heavy atom. The van der Waals surface area contributed by atoms with Crippen LogP contribution in [0.5, 0.6) is 17.6 Å². The lowest BCUT2D eigenvalue weighted by molar-refractivity contribution is -0.00972. The second kappa shape index (κ2) is 8.87. The maximum atomic E-state index is 11.7. The fourth-order valence-electron chi connectivity index (χ4n) is 5.92. The van der Waals surface area contributed by atoms with E-state index in [9.17, 15) is 5.11 Å². The molecule has 1 aromatic heterocycles. The van der Waals surface area contributed by atoms with E-state index in [1.165, 1.54) is 25.5 Å². The maximum absolute atomic E-state index is 11.7. The molecule has 7 heteroatoms. The van der Waals surface area contributed by atoms with Gasteiger partial charge in [-0.1, -0.05) is 12.1 Å². The zero-order chi connectivity index (χ0) is 22.1. The summed E-state index contributed by atoms with van der Waals surface area (Å²) in [5.41, 5.74) is 0.946. The molecule has 172 valence electrons. The van der Waals surface area contributed by atoms with Crippen LogP contribution in [0.25, 0.3) is 0 Å². The highest BCUT2D eigenvalue weighted by atomic mass is 16.5. The maximum Gasteiger partial charge on any atom is 0.319 e. The smallest absolute Gasteiger partial charge is 0.319 e. The minimum atomic E-state index is -0.982. The summed E-state index contributed by atoms with van der Waals surface area (Å²) in [6.07, 6.45) is 8.59. The van der Waals surface area contributed by atoms with Gasteiger partial charge in [0.25, 0.3) is 0 Å². The number of methoxy groups -OCH3 is 2. The molecule has 0 bridgehead atoms. The Morgan fingerprint density at radius 2 is 1.97 bits per heavy atom. The standard InChI is InChI=1S/C25H33N3O4/c1-30-23-21(13-26-24(27-23)31-2)25(29)11-10-18-15-28(16-22(18)25)14-17-6-5-9-20(12-17)32-19-7-3-4-8-19/h5-6,9,12-13,18-19,22,29H,3-4,7-8,10-11,14-16H2,1-2H3/t18-,22+,25+/m0/s1. The van der Waals surface area contributed by atoms with E-state index in [1.54, 1.807) is 13.3 Å². The zero-order valence-electron chi connectivity index (χ0n) is 19.0. The number of likely N-dealkylation sites (tertiary alicyclic amines) is 1. The number of rotatable bonds is 7. The predicted octanol–water partition coefficient (Wildman–Crippen LogP) is 3.54. The molecule has 3 atom stereocenters. The second-order valence-corrected chi connectivity index (χ2v) is 9.47. The second-order valence-electron chi connectivity index (χ2n) is 9.47. The Kier molecular flexibility index (Phi) is 5.95. The van der Waals surface area contributed by atoms with E-state index >= 15 is 0 Å². The Hall–Kier alpha value is -2.38. The molecule has 2 heterocycles. The van der Waals surface area contributed by atoms with Crippen molar-refractivity contribution in [2.24, 2.45) is 11.8 Å². The van der Waals surface area contributed by atoms with Gasteiger partial charge < -0.3 is 19.3 Å². The van der Waals surface area contributed by atoms with Crippen molar-refractivity contribution >= 4 is 0 Å². The molecular weight excluding hydrogens is 406 g/mol. The van der Waals surface area contributed by atoms with Crippen molar-refractivity contribution in [2.75, 3.05) is 27.3 Å². The third kappa shape index (κ3) is 4.04. The Balaban J connectivity index is 1.29. The Labute approximate surface area is 189 Å². The Bertz CT molecular complexity index is 949. The van der Waals surface area contributed by atoms with Gasteiger partial charge in [-0.25, -0.2) is 4.98 Å². The number of aromatic nitrogens is 2. The van der Waals surface area contributed by atoms with Gasteiger partial charge in [-0.3, -0.25) is 4.90 Å². The van der Waals surface area contributed by atoms with Gasteiger partial charge in [0.2, 0.25) is 5.88 Å². The predicted molar refractivity (Wildman–Crippen MR) is 120 cm³/mol. The lowest BCUT2D eigenvalue weighted by Gasteiger charge is -2.31. The molecule has 1 saturated heterocycles. The molecule has 5 rings (SSSR count). The van der Waals surface area contributed by atoms with E-state index in [0.717, 1.165) is 44.6 Å². The van der Waals surface area contributed by atoms with Crippen molar-refractivity contribution in [3.8, 4) is 17.6 Å². The summed E-state index contributed by atoms with van der Waals surface area (Å²) in [6.45, 7) is 2.69. The lowest BCUT2D eigenvalue weighted by Crippen LogP contribution is -2.35. The molecular formula is C25H33N3O4. The highest BCUT2D eigenvalue weighted by Gasteiger charge is 2.53. The first-order valence-corrected chi connectivity index (χ1v) is 11.7. The van der Waals surface area contributed by atoms with Crippen molar-refractivity contribution in [1.29, 1.82) is 0 Å². The summed E-state index contributed by atoms with van der Waals surface area (Å²) in [4.78, 5) is 11.0. The van der Waals surface area contributed by atoms with Crippen LogP contribution in [0, 0.1) is 11.8 Å². The summed E-state index contributed by atoms with van der Waals surface area (Å²) in [7, 11) is 3.10. The lowest BCUT2D eigenvalue weighted by atomic mass is 9.83. The van der Waals surface area contributed by atoms with Crippen LogP contribution >= 0.6 is 0 Å². The molecule has 7 nitrogen and oxygen atoms in total. The molecule has 1 aromatic carbocycles. The third-order valence-electron chi connectivity index (χ3n) is 7.51. The molecule has 32 heavy (non-hydrogen) atoms. The highest BCUT2D eigenvalue weighted by Crippen LogP contribution is 2.52. The molecule has 1 aliphatic heterocycles. The quantitative estimate of drug-likeness (QED) is 0.707. The van der Waals surface area contributed by atoms with Crippen LogP contribution in [0.2, 0.25) is 0 Å². The number of nitrogens with zero attached hydrogens (tertiary/aromatic N) is 3. The van der Waals surface area contributed by atoms with Crippen molar-refractivity contribution in [3.63, 3.8) is 0 Å². The fourth-order valence-corrected chi connectivity index (χ4v) is 5.92. The van der Waals surface area contributed by atoms with E-state index in [4.69, 9.17) is 14.2 Å². The number of hydrogen-bond donors (Lipinski definition) is 1. The summed E-state index contributed by atoms with van der Waals surface area (Å²) < 4.78 is 16.8. The summed E-state index contributed by atoms with van der Waals surface area (Å²) in [5, 5.41) is 11.7. The van der Waals surface area contributed by atoms with Gasteiger partial charge in [-0.05, 0) is 62.1 Å². The van der Waals surface area contributed by atoms with Gasteiger partial charge in [0.1, 0.15) is 11.4 Å². The normalized spacial score (nSPS) is 28.1. The van der Waals surface area contributed by atoms with E-state index in [2.05, 4.69) is 39.1 Å². The molecule has 2 aliphatic carbocycles. The first kappa shape index (κ1) is 21.5. The number of benzene rings is 1. The van der Waals surface area contributed by atoms with Crippen LogP contribution in [0.3, 0.4) is 0 Å². The first-order valence-electron chi connectivity index (χ1n) is 11.7. The van der Waals surface area contributed by atoms with Gasteiger partial charge >= 0.3 is 6.01 Å². The zero-order valence-corrected chi connectivity index (χ0v) is 19.0. The monoisotopic (exact) mass is 439 g/mol. The van der Waals surface area contributed by atoms with Gasteiger partial charge in [0.15, 0.2) is 0 Å². The summed E-state index contributed by atoms with van der Waals surface area (Å²) in [5.74, 6) is 1.96. The highest BCUT2D eigenvalue weighted by molar-refractivity contribution is 5.34. The fraction of sp³-hybridized carbons (Fsp3) is 0.600. The summed E-state index contributed by atoms with van der Waals surface area (Å²) >= 11 is 0. The van der Waals surface area contributed by atoms with E-state index in [-0.39, 0.29) is 11.9 Å². The van der Waals surface area contributed by atoms with Crippen molar-refractivity contribution in [2.45, 2.75) is 56.8 Å². The molecule has 0 amide bonds. The number of ether oxygens (including phenoxy) is 3. The minimum Gasteiger partial charge on any atom is -0.490 e. The topological polar surface area (TPSA) is 76.9 Å². The molecule has 0 spiro atoms. The molecule has 1 N–H and O–H groups in total. The van der Waals surface area contributed by atoms with E-state index in [0.29, 0.717) is 29.9 Å². The number of hydrogen-bond acceptors (Lipinski definition) is 7. The largest absolute Gasteiger partial charge is 0.490 e. The molecule has 2 aromatic rings. The van der Waals surface area contributed by atoms with Crippen LogP contribution in [-0.2, 0) is 12.1 Å². The summed E-state index contributed by atoms with van der Waals surface area (Å²) in [6, 6.07) is 8.75. The molecule has 3 aliphatic rings. The molecule has 3 fully saturated rings. The average molecular weight is 440 g/mol. The third-order valence-corrected chi connectivity index (χ3v) is 7.51. The Morgan fingerprint density at radius 1 is 1.12 bits per heavy atom. The van der Waals surface area contributed by atoms with Crippen LogP contribution in [0.1, 0.15) is 49.7 Å². The van der Waals surface area contributed by atoms with Gasteiger partial charge in [0.05, 0.1) is 25.9 Å². The first-order chi connectivity index (χ1) is 15.6. The van der Waals surface area contributed by atoms with Crippen LogP contribution in [-0.4, -0.2) is 53.4 Å².